The zero-order chi connectivity index (χ0) is 10.1. The Morgan fingerprint density at radius 3 is 2.93 bits per heavy atom. The van der Waals surface area contributed by atoms with Crippen LogP contribution in [0.3, 0.4) is 0 Å². The van der Waals surface area contributed by atoms with Crippen molar-refractivity contribution in [2.24, 2.45) is 5.92 Å². The normalized spacial score (nSPS) is 19.9. The van der Waals surface area contributed by atoms with Gasteiger partial charge in [-0.25, -0.2) is 9.97 Å². The van der Waals surface area contributed by atoms with Gasteiger partial charge in [-0.1, -0.05) is 6.92 Å². The van der Waals surface area contributed by atoms with Gasteiger partial charge in [0, 0.05) is 0 Å². The Morgan fingerprint density at radius 1 is 1.43 bits per heavy atom. The molecule has 0 fully saturated rings. The molecule has 72 valence electrons. The van der Waals surface area contributed by atoms with Gasteiger partial charge in [0.25, 0.3) is 0 Å². The van der Waals surface area contributed by atoms with Gasteiger partial charge in [-0.2, -0.15) is 5.26 Å². The lowest BCUT2D eigenvalue weighted by atomic mass is 9.91. The lowest BCUT2D eigenvalue weighted by Crippen LogP contribution is -2.17. The SMILES string of the molecule is CC1CCc2nc(C#N)c(N)nc2C1. The van der Waals surface area contributed by atoms with Crippen molar-refractivity contribution < 1.29 is 0 Å². The maximum atomic E-state index is 8.74. The summed E-state index contributed by atoms with van der Waals surface area (Å²) in [6.45, 7) is 2.19. The molecular formula is C10H12N4. The molecule has 1 aliphatic carbocycles. The number of hydrogen-bond acceptors (Lipinski definition) is 4. The highest BCUT2D eigenvalue weighted by molar-refractivity contribution is 5.45. The van der Waals surface area contributed by atoms with Crippen LogP contribution in [0.15, 0.2) is 0 Å². The first-order valence-electron chi connectivity index (χ1n) is 4.76. The van der Waals surface area contributed by atoms with Crippen LogP contribution in [0.25, 0.3) is 0 Å². The predicted octanol–water partition coefficient (Wildman–Crippen LogP) is 1.06. The second-order valence-electron chi connectivity index (χ2n) is 3.81. The molecule has 1 heterocycles. The number of aromatic nitrogens is 2. The average Bonchev–Trinajstić information content (AvgIpc) is 2.16. The van der Waals surface area contributed by atoms with E-state index >= 15 is 0 Å². The quantitative estimate of drug-likeness (QED) is 0.660. The van der Waals surface area contributed by atoms with Crippen LogP contribution in [-0.2, 0) is 12.8 Å². The minimum Gasteiger partial charge on any atom is -0.381 e. The molecule has 1 atom stereocenters. The van der Waals surface area contributed by atoms with Gasteiger partial charge in [0.15, 0.2) is 11.5 Å². The molecule has 0 saturated heterocycles. The standard InChI is InChI=1S/C10H12N4/c1-6-2-3-7-8(4-6)14-10(12)9(5-11)13-7/h6H,2-4H2,1H3,(H2,12,14). The minimum absolute atomic E-state index is 0.262. The molecule has 2 N–H and O–H groups in total. The fourth-order valence-electron chi connectivity index (χ4n) is 1.78. The van der Waals surface area contributed by atoms with E-state index < -0.39 is 0 Å². The summed E-state index contributed by atoms with van der Waals surface area (Å²) in [5.74, 6) is 0.907. The summed E-state index contributed by atoms with van der Waals surface area (Å²) in [5.41, 5.74) is 7.79. The number of nitriles is 1. The molecule has 4 nitrogen and oxygen atoms in total. The van der Waals surface area contributed by atoms with Crippen LogP contribution in [0.4, 0.5) is 5.82 Å². The molecule has 0 spiro atoms. The van der Waals surface area contributed by atoms with Gasteiger partial charge < -0.3 is 5.73 Å². The van der Waals surface area contributed by atoms with Crippen LogP contribution in [0.5, 0.6) is 0 Å². The van der Waals surface area contributed by atoms with E-state index in [9.17, 15) is 0 Å². The van der Waals surface area contributed by atoms with E-state index in [2.05, 4.69) is 16.9 Å². The summed E-state index contributed by atoms with van der Waals surface area (Å²) in [6.07, 6.45) is 2.97. The minimum atomic E-state index is 0.262. The zero-order valence-corrected chi connectivity index (χ0v) is 8.12. The lowest BCUT2D eigenvalue weighted by molar-refractivity contribution is 0.484. The second-order valence-corrected chi connectivity index (χ2v) is 3.81. The summed E-state index contributed by atoms with van der Waals surface area (Å²) in [4.78, 5) is 8.44. The van der Waals surface area contributed by atoms with E-state index in [0.717, 1.165) is 30.7 Å². The van der Waals surface area contributed by atoms with Crippen LogP contribution >= 0.6 is 0 Å². The van der Waals surface area contributed by atoms with Crippen molar-refractivity contribution in [3.63, 3.8) is 0 Å². The molecule has 0 aromatic carbocycles. The van der Waals surface area contributed by atoms with E-state index in [4.69, 9.17) is 11.0 Å². The number of fused-ring (bicyclic) bond motifs is 1. The molecule has 2 rings (SSSR count). The molecule has 0 radical (unpaired) electrons. The van der Waals surface area contributed by atoms with Crippen molar-refractivity contribution in [3.8, 4) is 6.07 Å². The Balaban J connectivity index is 2.47. The fourth-order valence-corrected chi connectivity index (χ4v) is 1.78. The molecule has 14 heavy (non-hydrogen) atoms. The molecular weight excluding hydrogens is 176 g/mol. The van der Waals surface area contributed by atoms with Gasteiger partial charge in [0.1, 0.15) is 6.07 Å². The maximum absolute atomic E-state index is 8.74. The molecule has 0 bridgehead atoms. The number of aryl methyl sites for hydroxylation is 1. The zero-order valence-electron chi connectivity index (χ0n) is 8.12. The Hall–Kier alpha value is -1.63. The molecule has 0 aliphatic heterocycles. The van der Waals surface area contributed by atoms with Crippen LogP contribution in [0.1, 0.15) is 30.4 Å². The summed E-state index contributed by atoms with van der Waals surface area (Å²) >= 11 is 0. The van der Waals surface area contributed by atoms with E-state index in [-0.39, 0.29) is 11.5 Å². The van der Waals surface area contributed by atoms with Crippen LogP contribution in [0, 0.1) is 17.2 Å². The van der Waals surface area contributed by atoms with E-state index in [1.54, 1.807) is 0 Å². The van der Waals surface area contributed by atoms with Gasteiger partial charge in [-0.3, -0.25) is 0 Å². The Morgan fingerprint density at radius 2 is 2.21 bits per heavy atom. The van der Waals surface area contributed by atoms with Crippen LogP contribution in [-0.4, -0.2) is 9.97 Å². The molecule has 1 aromatic rings. The first kappa shape index (κ1) is 8.95. The molecule has 0 saturated carbocycles. The summed E-state index contributed by atoms with van der Waals surface area (Å²) in [7, 11) is 0. The first-order chi connectivity index (χ1) is 6.70. The van der Waals surface area contributed by atoms with Crippen molar-refractivity contribution in [2.45, 2.75) is 26.2 Å². The molecule has 1 unspecified atom stereocenters. The number of anilines is 1. The lowest BCUT2D eigenvalue weighted by Gasteiger charge is -2.19. The number of hydrogen-bond donors (Lipinski definition) is 1. The van der Waals surface area contributed by atoms with Gasteiger partial charge in [0.2, 0.25) is 0 Å². The van der Waals surface area contributed by atoms with E-state index in [1.807, 2.05) is 6.07 Å². The van der Waals surface area contributed by atoms with E-state index in [0.29, 0.717) is 5.92 Å². The van der Waals surface area contributed by atoms with E-state index in [1.165, 1.54) is 0 Å². The average molecular weight is 188 g/mol. The predicted molar refractivity (Wildman–Crippen MR) is 52.3 cm³/mol. The summed E-state index contributed by atoms with van der Waals surface area (Å²) in [6, 6.07) is 1.96. The number of nitrogens with two attached hydrogens (primary N) is 1. The molecule has 1 aromatic heterocycles. The smallest absolute Gasteiger partial charge is 0.183 e. The summed E-state index contributed by atoms with van der Waals surface area (Å²) < 4.78 is 0. The monoisotopic (exact) mass is 188 g/mol. The maximum Gasteiger partial charge on any atom is 0.183 e. The van der Waals surface area contributed by atoms with Gasteiger partial charge in [0.05, 0.1) is 11.4 Å². The highest BCUT2D eigenvalue weighted by Gasteiger charge is 2.19. The Kier molecular flexibility index (Phi) is 2.08. The highest BCUT2D eigenvalue weighted by atomic mass is 14.9. The Bertz CT molecular complexity index is 405. The number of nitrogens with zero attached hydrogens (tertiary/aromatic N) is 3. The number of nitrogen functional groups attached to an aromatic ring is 1. The van der Waals surface area contributed by atoms with Crippen molar-refractivity contribution in [1.82, 2.24) is 9.97 Å². The van der Waals surface area contributed by atoms with Crippen LogP contribution in [0.2, 0.25) is 0 Å². The van der Waals surface area contributed by atoms with Crippen molar-refractivity contribution in [2.75, 3.05) is 5.73 Å². The van der Waals surface area contributed by atoms with Gasteiger partial charge in [-0.05, 0) is 25.2 Å². The van der Waals surface area contributed by atoms with Crippen molar-refractivity contribution in [3.05, 3.63) is 17.1 Å². The molecule has 1 aliphatic rings. The largest absolute Gasteiger partial charge is 0.381 e. The van der Waals surface area contributed by atoms with Crippen LogP contribution < -0.4 is 5.73 Å². The van der Waals surface area contributed by atoms with Gasteiger partial charge >= 0.3 is 0 Å². The molecule has 4 heteroatoms. The third-order valence-corrected chi connectivity index (χ3v) is 2.60. The number of rotatable bonds is 0. The topological polar surface area (TPSA) is 75.6 Å². The third kappa shape index (κ3) is 1.41. The second kappa shape index (κ2) is 3.26. The van der Waals surface area contributed by atoms with Crippen molar-refractivity contribution >= 4 is 5.82 Å². The fraction of sp³-hybridized carbons (Fsp3) is 0.500. The first-order valence-corrected chi connectivity index (χ1v) is 4.76. The van der Waals surface area contributed by atoms with Gasteiger partial charge in [-0.15, -0.1) is 0 Å². The Labute approximate surface area is 82.8 Å². The third-order valence-electron chi connectivity index (χ3n) is 2.60. The molecule has 0 amide bonds. The highest BCUT2D eigenvalue weighted by Crippen LogP contribution is 2.23. The summed E-state index contributed by atoms with van der Waals surface area (Å²) in [5, 5.41) is 8.74. The van der Waals surface area contributed by atoms with Crippen molar-refractivity contribution in [1.29, 1.82) is 5.26 Å².